The molecule has 1 unspecified atom stereocenters. The van der Waals surface area contributed by atoms with Crippen LogP contribution in [0.25, 0.3) is 0 Å². The van der Waals surface area contributed by atoms with Crippen LogP contribution in [-0.2, 0) is 16.4 Å². The van der Waals surface area contributed by atoms with E-state index in [9.17, 15) is 13.2 Å². The van der Waals surface area contributed by atoms with Gasteiger partial charge >= 0.3 is 0 Å². The second kappa shape index (κ2) is 7.68. The summed E-state index contributed by atoms with van der Waals surface area (Å²) >= 11 is 1.66. The van der Waals surface area contributed by atoms with Crippen LogP contribution in [0.4, 0.5) is 0 Å². The Hall–Kier alpha value is -1.70. The van der Waals surface area contributed by atoms with Crippen LogP contribution in [0.5, 0.6) is 0 Å². The Kier molecular flexibility index (Phi) is 5.56. The zero-order valence-electron chi connectivity index (χ0n) is 14.1. The maximum atomic E-state index is 12.6. The summed E-state index contributed by atoms with van der Waals surface area (Å²) in [7, 11) is -3.51. The standard InChI is InChI=1S/C18H22N2O3S2/c1-14(12-16-7-5-11-24-16)19-18(21)15-6-4-8-17(13-15)25(22,23)20-9-2-3-10-20/h4-8,11,13-14H,2-3,9-10,12H2,1H3,(H,19,21). The van der Waals surface area contributed by atoms with E-state index in [4.69, 9.17) is 0 Å². The van der Waals surface area contributed by atoms with E-state index in [0.717, 1.165) is 19.3 Å². The van der Waals surface area contributed by atoms with Crippen LogP contribution < -0.4 is 5.32 Å². The van der Waals surface area contributed by atoms with Crippen LogP contribution in [0.1, 0.15) is 35.0 Å². The monoisotopic (exact) mass is 378 g/mol. The molecule has 0 aliphatic carbocycles. The number of benzene rings is 1. The number of amides is 1. The largest absolute Gasteiger partial charge is 0.349 e. The minimum Gasteiger partial charge on any atom is -0.349 e. The van der Waals surface area contributed by atoms with E-state index in [2.05, 4.69) is 5.32 Å². The average molecular weight is 379 g/mol. The van der Waals surface area contributed by atoms with E-state index in [1.807, 2.05) is 24.4 Å². The van der Waals surface area contributed by atoms with Crippen molar-refractivity contribution in [3.63, 3.8) is 0 Å². The zero-order chi connectivity index (χ0) is 17.9. The molecule has 134 valence electrons. The van der Waals surface area contributed by atoms with E-state index in [0.29, 0.717) is 18.7 Å². The Morgan fingerprint density at radius 1 is 1.24 bits per heavy atom. The first-order chi connectivity index (χ1) is 12.0. The van der Waals surface area contributed by atoms with Crippen molar-refractivity contribution in [1.29, 1.82) is 0 Å². The fourth-order valence-corrected chi connectivity index (χ4v) is 5.36. The van der Waals surface area contributed by atoms with E-state index >= 15 is 0 Å². The Labute approximate surface area is 152 Å². The molecular formula is C18H22N2O3S2. The molecule has 1 aromatic carbocycles. The maximum Gasteiger partial charge on any atom is 0.251 e. The van der Waals surface area contributed by atoms with Gasteiger partial charge in [-0.1, -0.05) is 12.1 Å². The Morgan fingerprint density at radius 3 is 2.68 bits per heavy atom. The van der Waals surface area contributed by atoms with Gasteiger partial charge < -0.3 is 5.32 Å². The molecule has 1 amide bonds. The van der Waals surface area contributed by atoms with E-state index in [1.165, 1.54) is 15.2 Å². The second-order valence-corrected chi connectivity index (χ2v) is 9.27. The summed E-state index contributed by atoms with van der Waals surface area (Å²) in [6, 6.07) is 10.3. The smallest absolute Gasteiger partial charge is 0.251 e. The van der Waals surface area contributed by atoms with Gasteiger partial charge in [0.05, 0.1) is 4.90 Å². The number of thiophene rings is 1. The van der Waals surface area contributed by atoms with Gasteiger partial charge in [0, 0.05) is 36.0 Å². The van der Waals surface area contributed by atoms with Crippen LogP contribution in [0.15, 0.2) is 46.7 Å². The number of carbonyl (C=O) groups is 1. The van der Waals surface area contributed by atoms with Crippen molar-refractivity contribution >= 4 is 27.3 Å². The van der Waals surface area contributed by atoms with Gasteiger partial charge in [-0.2, -0.15) is 4.31 Å². The number of sulfonamides is 1. The topological polar surface area (TPSA) is 66.5 Å². The van der Waals surface area contributed by atoms with Crippen LogP contribution in [-0.4, -0.2) is 37.8 Å². The van der Waals surface area contributed by atoms with E-state index in [1.54, 1.807) is 29.5 Å². The van der Waals surface area contributed by atoms with Crippen LogP contribution in [0.3, 0.4) is 0 Å². The molecule has 3 rings (SSSR count). The van der Waals surface area contributed by atoms with Crippen LogP contribution in [0.2, 0.25) is 0 Å². The zero-order valence-corrected chi connectivity index (χ0v) is 15.8. The van der Waals surface area contributed by atoms with Crippen molar-refractivity contribution in [3.8, 4) is 0 Å². The lowest BCUT2D eigenvalue weighted by atomic mass is 10.1. The van der Waals surface area contributed by atoms with E-state index < -0.39 is 10.0 Å². The van der Waals surface area contributed by atoms with Gasteiger partial charge in [-0.3, -0.25) is 4.79 Å². The number of rotatable bonds is 6. The molecule has 0 spiro atoms. The SMILES string of the molecule is CC(Cc1cccs1)NC(=O)c1cccc(S(=O)(=O)N2CCCC2)c1. The summed E-state index contributed by atoms with van der Waals surface area (Å²) in [4.78, 5) is 13.9. The Bertz CT molecular complexity index is 826. The van der Waals surface area contributed by atoms with Gasteiger partial charge in [0.15, 0.2) is 0 Å². The molecule has 2 aromatic rings. The third kappa shape index (κ3) is 4.29. The van der Waals surface area contributed by atoms with Crippen molar-refractivity contribution in [2.45, 2.75) is 37.1 Å². The average Bonchev–Trinajstić information content (AvgIpc) is 3.28. The van der Waals surface area contributed by atoms with Gasteiger partial charge in [0.25, 0.3) is 5.91 Å². The minimum atomic E-state index is -3.51. The first-order valence-corrected chi connectivity index (χ1v) is 10.7. The van der Waals surface area contributed by atoms with Crippen molar-refractivity contribution in [1.82, 2.24) is 9.62 Å². The molecule has 1 N–H and O–H groups in total. The summed E-state index contributed by atoms with van der Waals surface area (Å²) in [5.74, 6) is -0.248. The highest BCUT2D eigenvalue weighted by Crippen LogP contribution is 2.21. The highest BCUT2D eigenvalue weighted by Gasteiger charge is 2.27. The summed E-state index contributed by atoms with van der Waals surface area (Å²) < 4.78 is 26.8. The Balaban J connectivity index is 1.71. The number of hydrogen-bond donors (Lipinski definition) is 1. The molecule has 7 heteroatoms. The van der Waals surface area contributed by atoms with Gasteiger partial charge in [0.2, 0.25) is 10.0 Å². The number of hydrogen-bond acceptors (Lipinski definition) is 4. The first-order valence-electron chi connectivity index (χ1n) is 8.40. The molecular weight excluding hydrogens is 356 g/mol. The first kappa shape index (κ1) is 18.1. The maximum absolute atomic E-state index is 12.6. The highest BCUT2D eigenvalue weighted by atomic mass is 32.2. The van der Waals surface area contributed by atoms with Crippen molar-refractivity contribution < 1.29 is 13.2 Å². The third-order valence-electron chi connectivity index (χ3n) is 4.26. The van der Waals surface area contributed by atoms with Crippen molar-refractivity contribution in [2.24, 2.45) is 0 Å². The molecule has 1 fully saturated rings. The molecule has 1 aromatic heterocycles. The molecule has 1 aliphatic heterocycles. The van der Waals surface area contributed by atoms with Gasteiger partial charge in [-0.25, -0.2) is 8.42 Å². The van der Waals surface area contributed by atoms with Crippen LogP contribution >= 0.6 is 11.3 Å². The molecule has 0 saturated carbocycles. The molecule has 1 atom stereocenters. The predicted molar refractivity (Wildman–Crippen MR) is 99.4 cm³/mol. The number of nitrogens with one attached hydrogen (secondary N) is 1. The summed E-state index contributed by atoms with van der Waals surface area (Å²) in [5, 5.41) is 4.95. The molecule has 0 bridgehead atoms. The fraction of sp³-hybridized carbons (Fsp3) is 0.389. The minimum absolute atomic E-state index is 0.0232. The highest BCUT2D eigenvalue weighted by molar-refractivity contribution is 7.89. The molecule has 1 aliphatic rings. The molecule has 0 radical (unpaired) electrons. The second-order valence-electron chi connectivity index (χ2n) is 6.30. The fourth-order valence-electron chi connectivity index (χ4n) is 2.96. The molecule has 25 heavy (non-hydrogen) atoms. The van der Waals surface area contributed by atoms with Gasteiger partial charge in [-0.05, 0) is 49.4 Å². The molecule has 2 heterocycles. The predicted octanol–water partition coefficient (Wildman–Crippen LogP) is 2.89. The Morgan fingerprint density at radius 2 is 2.00 bits per heavy atom. The summed E-state index contributed by atoms with van der Waals surface area (Å²) in [5.41, 5.74) is 0.373. The van der Waals surface area contributed by atoms with Crippen molar-refractivity contribution in [2.75, 3.05) is 13.1 Å². The third-order valence-corrected chi connectivity index (χ3v) is 7.06. The normalized spacial score (nSPS) is 16.7. The van der Waals surface area contributed by atoms with E-state index in [-0.39, 0.29) is 16.8 Å². The van der Waals surface area contributed by atoms with Crippen LogP contribution in [0, 0.1) is 0 Å². The molecule has 1 saturated heterocycles. The number of nitrogens with zero attached hydrogens (tertiary/aromatic N) is 1. The lowest BCUT2D eigenvalue weighted by Gasteiger charge is -2.17. The van der Waals surface area contributed by atoms with Gasteiger partial charge in [-0.15, -0.1) is 11.3 Å². The molecule has 5 nitrogen and oxygen atoms in total. The number of carbonyl (C=O) groups excluding carboxylic acids is 1. The lowest BCUT2D eigenvalue weighted by molar-refractivity contribution is 0.0940. The summed E-state index contributed by atoms with van der Waals surface area (Å²) in [6.45, 7) is 3.05. The quantitative estimate of drug-likeness (QED) is 0.840. The van der Waals surface area contributed by atoms with Gasteiger partial charge in [0.1, 0.15) is 0 Å². The summed E-state index contributed by atoms with van der Waals surface area (Å²) in [6.07, 6.45) is 2.54. The lowest BCUT2D eigenvalue weighted by Crippen LogP contribution is -2.34. The van der Waals surface area contributed by atoms with Crippen molar-refractivity contribution in [3.05, 3.63) is 52.2 Å².